The molecule has 114 heavy (non-hydrogen) atoms. The highest BCUT2D eigenvalue weighted by Crippen LogP contribution is 2.33. The molecule has 0 aliphatic rings. The first kappa shape index (κ1) is 83.8. The third kappa shape index (κ3) is 24.7. The standard InChI is InChI=1S/2C30H30N2O6S.C28H29N3O4S/c2*1-20(32(19-28(33)34)30(35)38-26-15-13-24(36-3)14-16-26)22-9-11-25(12-10-22)37-18-17-27-21(2)39-29(31-27)23-7-5-4-6-8-23;1-4-31(28(32)35-25-11-9-23(33-3)10-12-25)19-21-5-7-24(8-6-21)34-18-15-26-20(2)36-27(30-26)22-13-16-29-17-14-22/h2*4-16,20H,17-19H2,1-3H3,(H,33,34);5-14,16-17H,4,15,18-19H2,1-3H3. The molecule has 0 bridgehead atoms. The van der Waals surface area contributed by atoms with Crippen molar-refractivity contribution in [2.75, 3.05) is 60.8 Å². The Morgan fingerprint density at radius 2 is 0.684 bits per heavy atom. The number of hydrogen-bond acceptors (Lipinski definition) is 21. The first-order valence-corrected chi connectivity index (χ1v) is 39.0. The zero-order chi connectivity index (χ0) is 80.9. The lowest BCUT2D eigenvalue weighted by Crippen LogP contribution is -2.39. The Balaban J connectivity index is 0.000000181. The lowest BCUT2D eigenvalue weighted by Gasteiger charge is -2.27. The van der Waals surface area contributed by atoms with Gasteiger partial charge in [-0.15, -0.1) is 34.0 Å². The van der Waals surface area contributed by atoms with E-state index < -0.39 is 55.4 Å². The molecule has 0 saturated carbocycles. The van der Waals surface area contributed by atoms with E-state index in [0.29, 0.717) is 91.7 Å². The Bertz CT molecular complexity index is 4820. The molecule has 0 spiro atoms. The zero-order valence-corrected chi connectivity index (χ0v) is 67.1. The molecular formula is C88H89N7O16S3. The molecule has 0 fully saturated rings. The van der Waals surface area contributed by atoms with E-state index in [0.717, 1.165) is 87.5 Å². The Morgan fingerprint density at radius 3 is 1.00 bits per heavy atom. The number of hydrogen-bond donors (Lipinski definition) is 2. The van der Waals surface area contributed by atoms with Gasteiger partial charge in [-0.1, -0.05) is 97.1 Å². The number of nitrogens with zero attached hydrogens (tertiary/aromatic N) is 7. The minimum absolute atomic E-state index is 0.290. The van der Waals surface area contributed by atoms with Crippen LogP contribution in [0.5, 0.6) is 51.7 Å². The van der Waals surface area contributed by atoms with E-state index in [1.165, 1.54) is 28.9 Å². The second kappa shape index (κ2) is 42.1. The Kier molecular flexibility index (Phi) is 31.0. The normalized spacial score (nSPS) is 11.2. The highest BCUT2D eigenvalue weighted by atomic mass is 32.1. The van der Waals surface area contributed by atoms with Gasteiger partial charge in [0.25, 0.3) is 0 Å². The number of amides is 3. The maximum Gasteiger partial charge on any atom is 0.416 e. The summed E-state index contributed by atoms with van der Waals surface area (Å²) in [6.45, 7) is 13.1. The van der Waals surface area contributed by atoms with E-state index in [9.17, 15) is 34.2 Å². The number of carbonyl (C=O) groups excluding carboxylic acids is 3. The molecule has 23 nitrogen and oxygen atoms in total. The van der Waals surface area contributed by atoms with E-state index in [2.05, 4.69) is 50.0 Å². The largest absolute Gasteiger partial charge is 0.497 e. The van der Waals surface area contributed by atoms with Crippen LogP contribution < -0.4 is 42.6 Å². The van der Waals surface area contributed by atoms with Crippen molar-refractivity contribution in [1.82, 2.24) is 34.6 Å². The number of methoxy groups -OCH3 is 3. The SMILES string of the molecule is CCN(Cc1ccc(OCCc2nc(-c3ccncc3)sc2C)cc1)C(=O)Oc1ccc(OC)cc1.COc1ccc(OC(=O)N(CC(=O)O)C(C)c2ccc(OCCc3nc(-c4ccccc4)sc3C)cc2)cc1.COc1ccc(OC(=O)N(CC(=O)O)C(C)c2ccc(OCCc3nc(-c4ccccc4)sc3C)cc2)cc1. The average Bonchev–Trinajstić information content (AvgIpc) is 1.34. The molecular weight excluding hydrogens is 1510 g/mol. The van der Waals surface area contributed by atoms with Crippen LogP contribution in [-0.2, 0) is 35.4 Å². The van der Waals surface area contributed by atoms with Crippen molar-refractivity contribution in [2.45, 2.75) is 79.4 Å². The van der Waals surface area contributed by atoms with Gasteiger partial charge in [-0.2, -0.15) is 0 Å². The molecule has 2 N–H and O–H groups in total. The number of aryl methyl sites for hydroxylation is 3. The average molecular weight is 1600 g/mol. The summed E-state index contributed by atoms with van der Waals surface area (Å²) in [5.41, 5.74) is 8.86. The Morgan fingerprint density at radius 1 is 0.386 bits per heavy atom. The summed E-state index contributed by atoms with van der Waals surface area (Å²) in [5.74, 6) is 2.86. The van der Waals surface area contributed by atoms with Gasteiger partial charge in [0.1, 0.15) is 79.9 Å². The second-order valence-electron chi connectivity index (χ2n) is 25.7. The number of carbonyl (C=O) groups is 5. The number of aromatic nitrogens is 4. The highest BCUT2D eigenvalue weighted by molar-refractivity contribution is 7.15. The van der Waals surface area contributed by atoms with Gasteiger partial charge in [0.15, 0.2) is 0 Å². The van der Waals surface area contributed by atoms with Gasteiger partial charge in [0.2, 0.25) is 0 Å². The smallest absolute Gasteiger partial charge is 0.416 e. The molecule has 4 aromatic heterocycles. The predicted octanol–water partition coefficient (Wildman–Crippen LogP) is 19.0. The zero-order valence-electron chi connectivity index (χ0n) is 64.6. The number of pyridine rings is 1. The number of rotatable bonds is 32. The number of carboxylic acids is 2. The molecule has 8 aromatic carbocycles. The molecule has 0 aliphatic heterocycles. The van der Waals surface area contributed by atoms with Crippen molar-refractivity contribution < 1.29 is 76.8 Å². The summed E-state index contributed by atoms with van der Waals surface area (Å²) in [7, 11) is 4.67. The number of carboxylic acid groups (broad SMARTS) is 2. The van der Waals surface area contributed by atoms with Gasteiger partial charge in [-0.3, -0.25) is 24.4 Å². The maximum atomic E-state index is 12.9. The van der Waals surface area contributed by atoms with Crippen LogP contribution in [0.15, 0.2) is 231 Å². The van der Waals surface area contributed by atoms with Crippen molar-refractivity contribution in [3.8, 4) is 83.5 Å². The predicted molar refractivity (Wildman–Crippen MR) is 440 cm³/mol. The highest BCUT2D eigenvalue weighted by Gasteiger charge is 2.28. The topological polar surface area (TPSA) is 270 Å². The van der Waals surface area contributed by atoms with E-state index in [1.54, 1.807) is 145 Å². The summed E-state index contributed by atoms with van der Waals surface area (Å²) in [6, 6.07) is 65.2. The van der Waals surface area contributed by atoms with Crippen molar-refractivity contribution in [1.29, 1.82) is 0 Å². The quantitative estimate of drug-likeness (QED) is 0.0396. The summed E-state index contributed by atoms with van der Waals surface area (Å²) >= 11 is 5.03. The monoisotopic (exact) mass is 1600 g/mol. The van der Waals surface area contributed by atoms with Crippen LogP contribution in [0.25, 0.3) is 31.7 Å². The molecule has 2 unspecified atom stereocenters. The molecule has 12 rings (SSSR count). The Hall–Kier alpha value is -12.7. The summed E-state index contributed by atoms with van der Waals surface area (Å²) in [4.78, 5) is 87.2. The molecule has 3 amide bonds. The summed E-state index contributed by atoms with van der Waals surface area (Å²) in [5, 5.41) is 21.8. The van der Waals surface area contributed by atoms with Gasteiger partial charge in [0, 0.05) is 76.1 Å². The van der Waals surface area contributed by atoms with Gasteiger partial charge in [-0.05, 0) is 180 Å². The van der Waals surface area contributed by atoms with Crippen LogP contribution in [0.1, 0.15) is 81.3 Å². The number of ether oxygens (including phenoxy) is 9. The third-order valence-corrected chi connectivity index (χ3v) is 21.1. The fraction of sp³-hybridized carbons (Fsp3) is 0.239. The summed E-state index contributed by atoms with van der Waals surface area (Å²) < 4.78 is 49.5. The van der Waals surface area contributed by atoms with Crippen LogP contribution in [0.2, 0.25) is 0 Å². The molecule has 0 aliphatic carbocycles. The number of aliphatic carboxylic acids is 2. The molecule has 0 saturated heterocycles. The fourth-order valence-electron chi connectivity index (χ4n) is 11.5. The first-order valence-electron chi connectivity index (χ1n) is 36.6. The first-order chi connectivity index (χ1) is 55.2. The lowest BCUT2D eigenvalue weighted by atomic mass is 10.1. The molecule has 2 atom stereocenters. The van der Waals surface area contributed by atoms with Crippen LogP contribution in [0.3, 0.4) is 0 Å². The maximum absolute atomic E-state index is 12.9. The van der Waals surface area contributed by atoms with Gasteiger partial charge in [0.05, 0.1) is 70.3 Å². The molecule has 4 heterocycles. The van der Waals surface area contributed by atoms with Crippen molar-refractivity contribution in [3.63, 3.8) is 0 Å². The van der Waals surface area contributed by atoms with Crippen LogP contribution >= 0.6 is 34.0 Å². The van der Waals surface area contributed by atoms with Crippen LogP contribution in [-0.4, -0.2) is 136 Å². The molecule has 590 valence electrons. The van der Waals surface area contributed by atoms with Crippen molar-refractivity contribution in [2.24, 2.45) is 0 Å². The fourth-order valence-corrected chi connectivity index (χ4v) is 14.4. The number of benzene rings is 8. The summed E-state index contributed by atoms with van der Waals surface area (Å²) in [6.07, 6.45) is 3.73. The van der Waals surface area contributed by atoms with E-state index >= 15 is 0 Å². The van der Waals surface area contributed by atoms with E-state index in [4.69, 9.17) is 57.6 Å². The van der Waals surface area contributed by atoms with Gasteiger partial charge < -0.3 is 57.7 Å². The second-order valence-corrected chi connectivity index (χ2v) is 29.3. The number of thiazole rings is 3. The third-order valence-electron chi connectivity index (χ3n) is 17.9. The van der Waals surface area contributed by atoms with Crippen molar-refractivity contribution >= 4 is 64.2 Å². The van der Waals surface area contributed by atoms with Crippen molar-refractivity contribution in [3.05, 3.63) is 279 Å². The minimum Gasteiger partial charge on any atom is -0.497 e. The Labute approximate surface area is 674 Å². The van der Waals surface area contributed by atoms with Gasteiger partial charge in [-0.25, -0.2) is 29.3 Å². The van der Waals surface area contributed by atoms with Crippen LogP contribution in [0.4, 0.5) is 14.4 Å². The molecule has 0 radical (unpaired) electrons. The van der Waals surface area contributed by atoms with Crippen LogP contribution in [0, 0.1) is 20.8 Å². The lowest BCUT2D eigenvalue weighted by molar-refractivity contribution is -0.139. The minimum atomic E-state index is -1.14. The van der Waals surface area contributed by atoms with E-state index in [1.807, 2.05) is 128 Å². The molecule has 12 aromatic rings. The van der Waals surface area contributed by atoms with Gasteiger partial charge >= 0.3 is 30.2 Å². The van der Waals surface area contributed by atoms with E-state index in [-0.39, 0.29) is 0 Å². The molecule has 26 heteroatoms.